The average molecular weight is 469 g/mol. The first kappa shape index (κ1) is 21.3. The minimum atomic E-state index is -0.317. The number of nitrogens with one attached hydrogen (secondary N) is 2. The number of urea groups is 1. The number of carbonyl (C=O) groups excluding carboxylic acids is 2. The summed E-state index contributed by atoms with van der Waals surface area (Å²) in [6, 6.07) is 20.6. The largest absolute Gasteiger partial charge is 0.346 e. The second-order valence-electron chi connectivity index (χ2n) is 8.80. The van der Waals surface area contributed by atoms with Crippen LogP contribution in [0.4, 0.5) is 16.3 Å². The third-order valence-electron chi connectivity index (χ3n) is 6.22. The molecule has 3 amide bonds. The molecule has 176 valence electrons. The molecule has 1 atom stereocenters. The molecule has 1 saturated carbocycles. The molecule has 0 spiro atoms. The Morgan fingerprint density at radius 3 is 2.63 bits per heavy atom. The number of amides is 3. The van der Waals surface area contributed by atoms with E-state index >= 15 is 0 Å². The Morgan fingerprint density at radius 1 is 0.943 bits per heavy atom. The highest BCUT2D eigenvalue weighted by molar-refractivity contribution is 5.93. The van der Waals surface area contributed by atoms with Crippen LogP contribution in [0.2, 0.25) is 0 Å². The first-order valence-corrected chi connectivity index (χ1v) is 11.7. The van der Waals surface area contributed by atoms with Gasteiger partial charge >= 0.3 is 6.03 Å². The highest BCUT2D eigenvalue weighted by Gasteiger charge is 2.32. The van der Waals surface area contributed by atoms with Crippen LogP contribution in [0.3, 0.4) is 0 Å². The third-order valence-corrected chi connectivity index (χ3v) is 6.22. The lowest BCUT2D eigenvalue weighted by Gasteiger charge is -2.23. The molecule has 1 aliphatic carbocycles. The molecule has 0 radical (unpaired) electrons. The molecule has 2 aliphatic rings. The van der Waals surface area contributed by atoms with Crippen LogP contribution in [0.5, 0.6) is 0 Å². The van der Waals surface area contributed by atoms with Crippen LogP contribution in [0.15, 0.2) is 72.9 Å². The number of aromatic nitrogens is 3. The molecule has 2 aromatic heterocycles. The molecule has 0 unspecified atom stereocenters. The maximum absolute atomic E-state index is 13.0. The summed E-state index contributed by atoms with van der Waals surface area (Å²) in [7, 11) is 0. The summed E-state index contributed by atoms with van der Waals surface area (Å²) in [5, 5.41) is 11.8. The van der Waals surface area contributed by atoms with Crippen molar-refractivity contribution in [1.82, 2.24) is 19.7 Å². The standard InChI is InChI=1S/C26H24N6O3/c33-25(18-9-10-18)29-23-16-31-24(28-23)12-11-21(30-31)19-7-4-8-20(15-19)27-26(34)32-22(13-14-35-32)17-5-2-1-3-6-17/h1-8,11-12,15-16,18,22H,9-10,13-14H2,(H,27,34)(H,29,33)/t22-/m0/s1. The summed E-state index contributed by atoms with van der Waals surface area (Å²) in [6.07, 6.45) is 4.32. The van der Waals surface area contributed by atoms with E-state index in [1.165, 1.54) is 5.06 Å². The van der Waals surface area contributed by atoms with Gasteiger partial charge in [-0.1, -0.05) is 42.5 Å². The van der Waals surface area contributed by atoms with Crippen LogP contribution in [-0.4, -0.2) is 38.2 Å². The lowest BCUT2D eigenvalue weighted by Crippen LogP contribution is -2.33. The molecule has 9 heteroatoms. The van der Waals surface area contributed by atoms with Gasteiger partial charge in [0.2, 0.25) is 5.91 Å². The summed E-state index contributed by atoms with van der Waals surface area (Å²) in [5.74, 6) is 0.606. The van der Waals surface area contributed by atoms with E-state index in [1.807, 2.05) is 66.7 Å². The minimum Gasteiger partial charge on any atom is -0.309 e. The van der Waals surface area contributed by atoms with E-state index in [4.69, 9.17) is 4.84 Å². The number of carbonyl (C=O) groups is 2. The quantitative estimate of drug-likeness (QED) is 0.444. The van der Waals surface area contributed by atoms with Gasteiger partial charge in [0.1, 0.15) is 0 Å². The second kappa shape index (κ2) is 8.84. The Kier molecular flexibility index (Phi) is 5.38. The predicted molar refractivity (Wildman–Crippen MR) is 130 cm³/mol. The predicted octanol–water partition coefficient (Wildman–Crippen LogP) is 4.66. The molecule has 0 bridgehead atoms. The molecular formula is C26H24N6O3. The molecule has 9 nitrogen and oxygen atoms in total. The molecule has 2 aromatic carbocycles. The van der Waals surface area contributed by atoms with Crippen molar-refractivity contribution in [3.05, 3.63) is 78.5 Å². The number of nitrogens with zero attached hydrogens (tertiary/aromatic N) is 4. The zero-order valence-corrected chi connectivity index (χ0v) is 18.9. The first-order valence-electron chi connectivity index (χ1n) is 11.7. The van der Waals surface area contributed by atoms with Gasteiger partial charge in [-0.2, -0.15) is 10.2 Å². The monoisotopic (exact) mass is 468 g/mol. The van der Waals surface area contributed by atoms with Crippen molar-refractivity contribution < 1.29 is 14.4 Å². The van der Waals surface area contributed by atoms with Crippen molar-refractivity contribution in [2.75, 3.05) is 17.2 Å². The number of benzene rings is 2. The molecule has 35 heavy (non-hydrogen) atoms. The van der Waals surface area contributed by atoms with Crippen molar-refractivity contribution in [3.63, 3.8) is 0 Å². The SMILES string of the molecule is O=C(Nc1cn2nc(-c3cccc(NC(=O)N4OCC[C@H]4c4ccccc4)c3)ccc2n1)C1CC1. The van der Waals surface area contributed by atoms with E-state index < -0.39 is 0 Å². The summed E-state index contributed by atoms with van der Waals surface area (Å²) in [4.78, 5) is 35.1. The normalized spacial score (nSPS) is 17.5. The Morgan fingerprint density at radius 2 is 1.80 bits per heavy atom. The number of hydroxylamine groups is 2. The Bertz CT molecular complexity index is 1400. The van der Waals surface area contributed by atoms with Crippen molar-refractivity contribution >= 4 is 29.1 Å². The Hall–Kier alpha value is -4.24. The number of rotatable bonds is 5. The number of hydrogen-bond acceptors (Lipinski definition) is 5. The molecular weight excluding hydrogens is 444 g/mol. The van der Waals surface area contributed by atoms with E-state index in [9.17, 15) is 9.59 Å². The molecule has 3 heterocycles. The van der Waals surface area contributed by atoms with E-state index in [0.29, 0.717) is 29.5 Å². The second-order valence-corrected chi connectivity index (χ2v) is 8.80. The van der Waals surface area contributed by atoms with E-state index in [2.05, 4.69) is 20.7 Å². The summed E-state index contributed by atoms with van der Waals surface area (Å²) < 4.78 is 1.64. The van der Waals surface area contributed by atoms with Gasteiger partial charge < -0.3 is 10.6 Å². The molecule has 6 rings (SSSR count). The lowest BCUT2D eigenvalue weighted by molar-refractivity contribution is -0.117. The fourth-order valence-corrected chi connectivity index (χ4v) is 4.25. The fourth-order valence-electron chi connectivity index (χ4n) is 4.25. The van der Waals surface area contributed by atoms with E-state index in [1.54, 1.807) is 10.7 Å². The van der Waals surface area contributed by atoms with Gasteiger partial charge in [0.15, 0.2) is 11.5 Å². The van der Waals surface area contributed by atoms with E-state index in [-0.39, 0.29) is 23.9 Å². The topological polar surface area (TPSA) is 101 Å². The summed E-state index contributed by atoms with van der Waals surface area (Å²) in [6.45, 7) is 0.491. The minimum absolute atomic E-state index is 0.00792. The Balaban J connectivity index is 1.19. The van der Waals surface area contributed by atoms with Crippen molar-refractivity contribution in [3.8, 4) is 11.3 Å². The van der Waals surface area contributed by atoms with Gasteiger partial charge in [-0.3, -0.25) is 9.63 Å². The van der Waals surface area contributed by atoms with Crippen molar-refractivity contribution in [1.29, 1.82) is 0 Å². The van der Waals surface area contributed by atoms with E-state index in [0.717, 1.165) is 30.4 Å². The smallest absolute Gasteiger partial charge is 0.309 e. The highest BCUT2D eigenvalue weighted by Crippen LogP contribution is 2.32. The molecule has 4 aromatic rings. The van der Waals surface area contributed by atoms with Crippen molar-refractivity contribution in [2.24, 2.45) is 5.92 Å². The van der Waals surface area contributed by atoms with Gasteiger partial charge in [0.05, 0.1) is 24.5 Å². The highest BCUT2D eigenvalue weighted by atomic mass is 16.7. The zero-order chi connectivity index (χ0) is 23.8. The number of fused-ring (bicyclic) bond motifs is 1. The maximum Gasteiger partial charge on any atom is 0.346 e. The molecule has 2 N–H and O–H groups in total. The molecule has 2 fully saturated rings. The van der Waals surface area contributed by atoms with Crippen LogP contribution in [-0.2, 0) is 9.63 Å². The first-order chi connectivity index (χ1) is 17.1. The zero-order valence-electron chi connectivity index (χ0n) is 18.9. The van der Waals surface area contributed by atoms with Gasteiger partial charge in [0, 0.05) is 23.6 Å². The van der Waals surface area contributed by atoms with Gasteiger partial charge in [-0.05, 0) is 42.7 Å². The number of hydrogen-bond donors (Lipinski definition) is 2. The van der Waals surface area contributed by atoms with Crippen LogP contribution in [0.1, 0.15) is 30.9 Å². The van der Waals surface area contributed by atoms with Gasteiger partial charge in [-0.25, -0.2) is 14.3 Å². The third kappa shape index (κ3) is 4.45. The fraction of sp³-hybridized carbons (Fsp3) is 0.231. The van der Waals surface area contributed by atoms with Crippen LogP contribution >= 0.6 is 0 Å². The number of imidazole rings is 1. The van der Waals surface area contributed by atoms with Crippen LogP contribution in [0, 0.1) is 5.92 Å². The maximum atomic E-state index is 13.0. The van der Waals surface area contributed by atoms with Crippen LogP contribution in [0.25, 0.3) is 16.9 Å². The van der Waals surface area contributed by atoms with Crippen molar-refractivity contribution in [2.45, 2.75) is 25.3 Å². The summed E-state index contributed by atoms with van der Waals surface area (Å²) in [5.41, 5.74) is 3.87. The van der Waals surface area contributed by atoms with Crippen LogP contribution < -0.4 is 10.6 Å². The lowest BCUT2D eigenvalue weighted by atomic mass is 10.1. The van der Waals surface area contributed by atoms with Gasteiger partial charge in [0.25, 0.3) is 0 Å². The molecule has 1 saturated heterocycles. The Labute approximate surface area is 201 Å². The average Bonchev–Trinajstić information content (AvgIpc) is 3.48. The summed E-state index contributed by atoms with van der Waals surface area (Å²) >= 11 is 0. The van der Waals surface area contributed by atoms with Gasteiger partial charge in [-0.15, -0.1) is 0 Å². The number of anilines is 2. The molecule has 1 aliphatic heterocycles.